The van der Waals surface area contributed by atoms with Crippen molar-refractivity contribution < 1.29 is 4.79 Å². The highest BCUT2D eigenvalue weighted by molar-refractivity contribution is 9.11. The molecule has 0 unspecified atom stereocenters. The van der Waals surface area contributed by atoms with Crippen LogP contribution in [-0.2, 0) is 0 Å². The number of aromatic amines is 2. The molecule has 0 bridgehead atoms. The van der Waals surface area contributed by atoms with Crippen molar-refractivity contribution in [2.24, 2.45) is 0 Å². The summed E-state index contributed by atoms with van der Waals surface area (Å²) in [6.07, 6.45) is 0. The van der Waals surface area contributed by atoms with Gasteiger partial charge >= 0.3 is 5.69 Å². The Morgan fingerprint density at radius 3 is 2.74 bits per heavy atom. The molecule has 96 valence electrons. The van der Waals surface area contributed by atoms with Crippen molar-refractivity contribution in [2.45, 2.75) is 0 Å². The molecule has 3 rings (SSSR count). The minimum absolute atomic E-state index is 0.181. The molecule has 7 heteroatoms. The lowest BCUT2D eigenvalue weighted by Crippen LogP contribution is -2.10. The summed E-state index contributed by atoms with van der Waals surface area (Å²) in [6.45, 7) is 0. The molecule has 2 heterocycles. The lowest BCUT2D eigenvalue weighted by molar-refractivity contribution is 0.102. The number of benzene rings is 1. The minimum atomic E-state index is -0.264. The SMILES string of the molecule is O=C(Nc1ccc2[nH]c(=O)[nH]c2c1)c1csc(Br)c1. The van der Waals surface area contributed by atoms with Crippen molar-refractivity contribution >= 4 is 49.9 Å². The van der Waals surface area contributed by atoms with E-state index in [0.29, 0.717) is 22.3 Å². The average molecular weight is 338 g/mol. The van der Waals surface area contributed by atoms with Crippen LogP contribution in [0.1, 0.15) is 10.4 Å². The number of aromatic nitrogens is 2. The fourth-order valence-electron chi connectivity index (χ4n) is 1.74. The van der Waals surface area contributed by atoms with Gasteiger partial charge in [-0.1, -0.05) is 0 Å². The number of nitrogens with one attached hydrogen (secondary N) is 3. The first-order chi connectivity index (χ1) is 9.11. The summed E-state index contributed by atoms with van der Waals surface area (Å²) in [5.41, 5.74) is 2.34. The molecule has 0 aliphatic rings. The summed E-state index contributed by atoms with van der Waals surface area (Å²) in [4.78, 5) is 28.4. The average Bonchev–Trinajstić information content (AvgIpc) is 2.93. The number of hydrogen-bond acceptors (Lipinski definition) is 3. The van der Waals surface area contributed by atoms with E-state index < -0.39 is 0 Å². The second-order valence-electron chi connectivity index (χ2n) is 3.93. The number of carbonyl (C=O) groups is 1. The molecule has 0 fully saturated rings. The van der Waals surface area contributed by atoms with Crippen LogP contribution in [0.25, 0.3) is 11.0 Å². The quantitative estimate of drug-likeness (QED) is 0.672. The van der Waals surface area contributed by atoms with Gasteiger partial charge in [-0.15, -0.1) is 11.3 Å². The van der Waals surface area contributed by atoms with Crippen molar-refractivity contribution in [3.63, 3.8) is 0 Å². The number of thiophene rings is 1. The first kappa shape index (κ1) is 12.2. The number of carbonyl (C=O) groups excluding carboxylic acids is 1. The van der Waals surface area contributed by atoms with Crippen molar-refractivity contribution in [2.75, 3.05) is 5.32 Å². The van der Waals surface area contributed by atoms with Crippen LogP contribution in [0.2, 0.25) is 0 Å². The highest BCUT2D eigenvalue weighted by Crippen LogP contribution is 2.22. The molecular formula is C12H8BrN3O2S. The molecule has 5 nitrogen and oxygen atoms in total. The Morgan fingerprint density at radius 2 is 2.00 bits per heavy atom. The zero-order chi connectivity index (χ0) is 13.4. The van der Waals surface area contributed by atoms with Crippen LogP contribution in [0, 0.1) is 0 Å². The standard InChI is InChI=1S/C12H8BrN3O2S/c13-10-3-6(5-19-10)11(17)14-7-1-2-8-9(4-7)16-12(18)15-8/h1-5H,(H,14,17)(H2,15,16,18). The summed E-state index contributed by atoms with van der Waals surface area (Å²) < 4.78 is 0.906. The zero-order valence-electron chi connectivity index (χ0n) is 9.49. The van der Waals surface area contributed by atoms with Crippen LogP contribution < -0.4 is 11.0 Å². The van der Waals surface area contributed by atoms with Gasteiger partial charge in [-0.25, -0.2) is 4.79 Å². The van der Waals surface area contributed by atoms with Gasteiger partial charge in [0.05, 0.1) is 20.4 Å². The second-order valence-corrected chi connectivity index (χ2v) is 6.22. The van der Waals surface area contributed by atoms with Gasteiger partial charge in [0, 0.05) is 11.1 Å². The number of anilines is 1. The van der Waals surface area contributed by atoms with Crippen molar-refractivity contribution in [3.05, 3.63) is 49.5 Å². The van der Waals surface area contributed by atoms with Crippen LogP contribution >= 0.6 is 27.3 Å². The smallest absolute Gasteiger partial charge is 0.322 e. The Kier molecular flexibility index (Phi) is 3.00. The highest BCUT2D eigenvalue weighted by atomic mass is 79.9. The third-order valence-electron chi connectivity index (χ3n) is 2.60. The first-order valence-corrected chi connectivity index (χ1v) is 7.06. The van der Waals surface area contributed by atoms with E-state index in [2.05, 4.69) is 31.2 Å². The van der Waals surface area contributed by atoms with Gasteiger partial charge in [0.1, 0.15) is 0 Å². The predicted octanol–water partition coefficient (Wildman–Crippen LogP) is 2.93. The number of amides is 1. The van der Waals surface area contributed by atoms with E-state index in [4.69, 9.17) is 0 Å². The number of fused-ring (bicyclic) bond motifs is 1. The van der Waals surface area contributed by atoms with Crippen molar-refractivity contribution in [1.82, 2.24) is 9.97 Å². The van der Waals surface area contributed by atoms with E-state index in [-0.39, 0.29) is 11.6 Å². The fraction of sp³-hybridized carbons (Fsp3) is 0. The third-order valence-corrected chi connectivity index (χ3v) is 4.11. The van der Waals surface area contributed by atoms with E-state index in [1.807, 2.05) is 0 Å². The van der Waals surface area contributed by atoms with Crippen LogP contribution in [0.5, 0.6) is 0 Å². The highest BCUT2D eigenvalue weighted by Gasteiger charge is 2.09. The Balaban J connectivity index is 1.88. The summed E-state index contributed by atoms with van der Waals surface area (Å²) in [5.74, 6) is -0.181. The molecule has 0 spiro atoms. The van der Waals surface area contributed by atoms with Crippen molar-refractivity contribution in [1.29, 1.82) is 0 Å². The molecule has 2 aromatic heterocycles. The largest absolute Gasteiger partial charge is 0.323 e. The van der Waals surface area contributed by atoms with Gasteiger partial charge in [0.2, 0.25) is 0 Å². The van der Waals surface area contributed by atoms with Gasteiger partial charge < -0.3 is 15.3 Å². The summed E-state index contributed by atoms with van der Waals surface area (Å²) in [7, 11) is 0. The molecule has 3 aromatic rings. The number of imidazole rings is 1. The number of hydrogen-bond donors (Lipinski definition) is 3. The molecule has 3 N–H and O–H groups in total. The maximum Gasteiger partial charge on any atom is 0.323 e. The van der Waals surface area contributed by atoms with Crippen LogP contribution in [-0.4, -0.2) is 15.9 Å². The molecule has 0 saturated carbocycles. The van der Waals surface area contributed by atoms with Gasteiger partial charge in [0.15, 0.2) is 0 Å². The summed E-state index contributed by atoms with van der Waals surface area (Å²) >= 11 is 4.77. The van der Waals surface area contributed by atoms with E-state index in [0.717, 1.165) is 3.79 Å². The summed E-state index contributed by atoms with van der Waals surface area (Å²) in [5, 5.41) is 4.56. The molecule has 1 amide bonds. The maximum absolute atomic E-state index is 12.0. The topological polar surface area (TPSA) is 77.8 Å². The second kappa shape index (κ2) is 4.67. The number of rotatable bonds is 2. The molecule has 0 aliphatic heterocycles. The minimum Gasteiger partial charge on any atom is -0.322 e. The lowest BCUT2D eigenvalue weighted by atomic mass is 10.2. The third kappa shape index (κ3) is 2.47. The Labute approximate surface area is 119 Å². The summed E-state index contributed by atoms with van der Waals surface area (Å²) in [6, 6.07) is 6.96. The van der Waals surface area contributed by atoms with Crippen LogP contribution in [0.15, 0.2) is 38.2 Å². The molecule has 1 aromatic carbocycles. The van der Waals surface area contributed by atoms with E-state index >= 15 is 0 Å². The van der Waals surface area contributed by atoms with Gasteiger partial charge in [-0.3, -0.25) is 4.79 Å². The molecule has 19 heavy (non-hydrogen) atoms. The molecule has 0 radical (unpaired) electrons. The van der Waals surface area contributed by atoms with E-state index in [1.54, 1.807) is 29.6 Å². The van der Waals surface area contributed by atoms with Crippen molar-refractivity contribution in [3.8, 4) is 0 Å². The predicted molar refractivity (Wildman–Crippen MR) is 78.9 cm³/mol. The van der Waals surface area contributed by atoms with Crippen LogP contribution in [0.4, 0.5) is 5.69 Å². The normalized spacial score (nSPS) is 10.8. The Morgan fingerprint density at radius 1 is 1.21 bits per heavy atom. The number of H-pyrrole nitrogens is 2. The molecular weight excluding hydrogens is 330 g/mol. The fourth-order valence-corrected chi connectivity index (χ4v) is 2.88. The monoisotopic (exact) mass is 337 g/mol. The van der Waals surface area contributed by atoms with Gasteiger partial charge in [-0.2, -0.15) is 0 Å². The van der Waals surface area contributed by atoms with E-state index in [1.165, 1.54) is 11.3 Å². The Hall–Kier alpha value is -1.86. The first-order valence-electron chi connectivity index (χ1n) is 5.39. The van der Waals surface area contributed by atoms with Gasteiger partial charge in [0.25, 0.3) is 5.91 Å². The number of halogens is 1. The molecule has 0 atom stereocenters. The van der Waals surface area contributed by atoms with Crippen LogP contribution in [0.3, 0.4) is 0 Å². The zero-order valence-corrected chi connectivity index (χ0v) is 11.9. The van der Waals surface area contributed by atoms with E-state index in [9.17, 15) is 9.59 Å². The molecule has 0 saturated heterocycles. The maximum atomic E-state index is 12.0. The molecule has 0 aliphatic carbocycles. The lowest BCUT2D eigenvalue weighted by Gasteiger charge is -2.03. The van der Waals surface area contributed by atoms with Gasteiger partial charge in [-0.05, 0) is 40.2 Å². The Bertz CT molecular complexity index is 818.